The Morgan fingerprint density at radius 3 is 2.50 bits per heavy atom. The quantitative estimate of drug-likeness (QED) is 0.578. The van der Waals surface area contributed by atoms with E-state index in [9.17, 15) is 23.5 Å². The van der Waals surface area contributed by atoms with Crippen molar-refractivity contribution in [2.24, 2.45) is 5.92 Å². The molecule has 1 aromatic carbocycles. The van der Waals surface area contributed by atoms with E-state index in [1.165, 1.54) is 18.3 Å². The van der Waals surface area contributed by atoms with E-state index < -0.39 is 18.0 Å². The van der Waals surface area contributed by atoms with Crippen LogP contribution in [0, 0.1) is 5.92 Å². The highest BCUT2D eigenvalue weighted by molar-refractivity contribution is 5.89. The van der Waals surface area contributed by atoms with Crippen molar-refractivity contribution in [1.82, 2.24) is 4.57 Å². The summed E-state index contributed by atoms with van der Waals surface area (Å²) in [5.41, 5.74) is 0.487. The molecule has 32 heavy (non-hydrogen) atoms. The van der Waals surface area contributed by atoms with Gasteiger partial charge in [-0.1, -0.05) is 13.8 Å². The fourth-order valence-corrected chi connectivity index (χ4v) is 3.97. The molecule has 2 heterocycles. The molecule has 0 bridgehead atoms. The monoisotopic (exact) mass is 452 g/mol. The fraction of sp³-hybridized carbons (Fsp3) is 0.455. The van der Waals surface area contributed by atoms with E-state index >= 15 is 0 Å². The SMILES string of the molecule is COCCCOc1cc2c(cc1OC(F)F)-c1cc(=O)c(C(=O)O)cn1C(C(C)C)N2C. The molecule has 0 amide bonds. The molecule has 174 valence electrons. The minimum atomic E-state index is -3.07. The predicted octanol–water partition coefficient (Wildman–Crippen LogP) is 3.83. The second-order valence-corrected chi connectivity index (χ2v) is 7.81. The average molecular weight is 452 g/mol. The number of nitrogens with zero attached hydrogens (tertiary/aromatic N) is 2. The molecule has 1 aliphatic rings. The summed E-state index contributed by atoms with van der Waals surface area (Å²) in [4.78, 5) is 25.9. The number of alkyl halides is 2. The van der Waals surface area contributed by atoms with Crippen molar-refractivity contribution < 1.29 is 32.9 Å². The number of carbonyl (C=O) groups is 1. The van der Waals surface area contributed by atoms with Gasteiger partial charge in [0.05, 0.1) is 18.0 Å². The van der Waals surface area contributed by atoms with Crippen LogP contribution in [-0.4, -0.2) is 49.6 Å². The smallest absolute Gasteiger partial charge is 0.387 e. The minimum absolute atomic E-state index is 0.0270. The molecule has 1 aromatic heterocycles. The van der Waals surface area contributed by atoms with Gasteiger partial charge in [-0.3, -0.25) is 4.79 Å². The molecule has 0 radical (unpaired) electrons. The van der Waals surface area contributed by atoms with Gasteiger partial charge >= 0.3 is 12.6 Å². The molecule has 1 atom stereocenters. The van der Waals surface area contributed by atoms with Gasteiger partial charge in [0.15, 0.2) is 16.9 Å². The number of carboxylic acid groups (broad SMARTS) is 1. The van der Waals surface area contributed by atoms with Crippen molar-refractivity contribution >= 4 is 11.7 Å². The Bertz CT molecular complexity index is 1050. The number of fused-ring (bicyclic) bond motifs is 3. The van der Waals surface area contributed by atoms with E-state index in [-0.39, 0.29) is 35.8 Å². The van der Waals surface area contributed by atoms with Gasteiger partial charge in [0.1, 0.15) is 11.7 Å². The Morgan fingerprint density at radius 1 is 1.19 bits per heavy atom. The van der Waals surface area contributed by atoms with Gasteiger partial charge in [0, 0.05) is 51.1 Å². The zero-order valence-electron chi connectivity index (χ0n) is 18.3. The van der Waals surface area contributed by atoms with Gasteiger partial charge in [-0.25, -0.2) is 4.79 Å². The van der Waals surface area contributed by atoms with Gasteiger partial charge in [-0.05, 0) is 12.0 Å². The molecule has 1 unspecified atom stereocenters. The second-order valence-electron chi connectivity index (χ2n) is 7.81. The number of carboxylic acids is 1. The van der Waals surface area contributed by atoms with Gasteiger partial charge < -0.3 is 28.8 Å². The van der Waals surface area contributed by atoms with E-state index in [4.69, 9.17) is 14.2 Å². The van der Waals surface area contributed by atoms with E-state index in [2.05, 4.69) is 0 Å². The standard InChI is InChI=1S/C22H26F2N2O6/c1-12(2)20-25(3)15-10-18(31-7-5-6-30-4)19(32-22(23)24)8-13(15)16-9-17(27)14(21(28)29)11-26(16)20/h8-12,20,22H,5-7H2,1-4H3,(H,28,29). The maximum absolute atomic E-state index is 13.1. The first kappa shape index (κ1) is 23.5. The van der Waals surface area contributed by atoms with Gasteiger partial charge in [-0.15, -0.1) is 0 Å². The molecule has 3 rings (SSSR count). The summed E-state index contributed by atoms with van der Waals surface area (Å²) in [5, 5.41) is 9.40. The number of aromatic carboxylic acids is 1. The third-order valence-corrected chi connectivity index (χ3v) is 5.27. The van der Waals surface area contributed by atoms with E-state index in [1.54, 1.807) is 17.7 Å². The van der Waals surface area contributed by atoms with Crippen LogP contribution in [0.1, 0.15) is 36.8 Å². The van der Waals surface area contributed by atoms with Crippen molar-refractivity contribution in [1.29, 1.82) is 0 Å². The first-order chi connectivity index (χ1) is 15.1. The predicted molar refractivity (Wildman–Crippen MR) is 114 cm³/mol. The molecule has 2 aromatic rings. The zero-order chi connectivity index (χ0) is 23.6. The summed E-state index contributed by atoms with van der Waals surface area (Å²) in [6.07, 6.45) is 1.54. The van der Waals surface area contributed by atoms with Crippen LogP contribution in [0.2, 0.25) is 0 Å². The Hall–Kier alpha value is -3.14. The number of rotatable bonds is 9. The van der Waals surface area contributed by atoms with E-state index in [0.29, 0.717) is 30.0 Å². The lowest BCUT2D eigenvalue weighted by molar-refractivity contribution is -0.0515. The molecule has 10 heteroatoms. The van der Waals surface area contributed by atoms with Crippen LogP contribution in [0.4, 0.5) is 14.5 Å². The number of hydrogen-bond acceptors (Lipinski definition) is 6. The van der Waals surface area contributed by atoms with Gasteiger partial charge in [0.25, 0.3) is 0 Å². The Labute approximate surface area is 183 Å². The average Bonchev–Trinajstić information content (AvgIpc) is 2.71. The molecule has 1 aliphatic heterocycles. The lowest BCUT2D eigenvalue weighted by atomic mass is 9.98. The molecule has 0 spiro atoms. The van der Waals surface area contributed by atoms with Gasteiger partial charge in [-0.2, -0.15) is 8.78 Å². The van der Waals surface area contributed by atoms with Crippen LogP contribution in [0.15, 0.2) is 29.2 Å². The topological polar surface area (TPSA) is 90.2 Å². The summed E-state index contributed by atoms with van der Waals surface area (Å²) < 4.78 is 43.3. The number of ether oxygens (including phenoxy) is 3. The summed E-state index contributed by atoms with van der Waals surface area (Å²) in [5.74, 6) is -1.33. The maximum Gasteiger partial charge on any atom is 0.387 e. The molecule has 1 N–H and O–H groups in total. The summed E-state index contributed by atoms with van der Waals surface area (Å²) >= 11 is 0. The number of pyridine rings is 1. The van der Waals surface area contributed by atoms with Crippen LogP contribution in [0.3, 0.4) is 0 Å². The lowest BCUT2D eigenvalue weighted by Gasteiger charge is -2.42. The normalized spacial score (nSPS) is 15.0. The highest BCUT2D eigenvalue weighted by Gasteiger charge is 2.33. The number of halogens is 2. The Balaban J connectivity index is 2.20. The minimum Gasteiger partial charge on any atom is -0.490 e. The van der Waals surface area contributed by atoms with Crippen LogP contribution in [0.5, 0.6) is 11.5 Å². The number of anilines is 1. The number of benzene rings is 1. The largest absolute Gasteiger partial charge is 0.490 e. The van der Waals surface area contributed by atoms with Crippen molar-refractivity contribution in [2.75, 3.05) is 32.3 Å². The summed E-state index contributed by atoms with van der Waals surface area (Å²) in [6.45, 7) is 1.54. The third-order valence-electron chi connectivity index (χ3n) is 5.27. The second kappa shape index (κ2) is 9.56. The molecule has 0 saturated heterocycles. The van der Waals surface area contributed by atoms with Crippen LogP contribution < -0.4 is 19.8 Å². The molecule has 0 aliphatic carbocycles. The number of aromatic nitrogens is 1. The van der Waals surface area contributed by atoms with Crippen LogP contribution in [-0.2, 0) is 4.74 Å². The summed E-state index contributed by atoms with van der Waals surface area (Å²) in [6, 6.07) is 4.22. The lowest BCUT2D eigenvalue weighted by Crippen LogP contribution is -2.38. The van der Waals surface area contributed by atoms with Gasteiger partial charge in [0.2, 0.25) is 0 Å². The Morgan fingerprint density at radius 2 is 1.91 bits per heavy atom. The summed E-state index contributed by atoms with van der Waals surface area (Å²) in [7, 11) is 3.37. The number of methoxy groups -OCH3 is 1. The first-order valence-electron chi connectivity index (χ1n) is 10.1. The van der Waals surface area contributed by atoms with Crippen molar-refractivity contribution in [2.45, 2.75) is 33.0 Å². The van der Waals surface area contributed by atoms with E-state index in [0.717, 1.165) is 0 Å². The van der Waals surface area contributed by atoms with Crippen molar-refractivity contribution in [3.05, 3.63) is 40.2 Å². The third kappa shape index (κ3) is 4.55. The fourth-order valence-electron chi connectivity index (χ4n) is 3.97. The Kier molecular flexibility index (Phi) is 7.02. The highest BCUT2D eigenvalue weighted by Crippen LogP contribution is 2.47. The number of hydrogen-bond donors (Lipinski definition) is 1. The first-order valence-corrected chi connectivity index (χ1v) is 10.1. The molecular weight excluding hydrogens is 426 g/mol. The van der Waals surface area contributed by atoms with Crippen LogP contribution in [0.25, 0.3) is 11.3 Å². The van der Waals surface area contributed by atoms with Crippen LogP contribution >= 0.6 is 0 Å². The molecular formula is C22H26F2N2O6. The highest BCUT2D eigenvalue weighted by atomic mass is 19.3. The van der Waals surface area contributed by atoms with E-state index in [1.807, 2.05) is 25.8 Å². The molecule has 0 fully saturated rings. The molecule has 8 nitrogen and oxygen atoms in total. The van der Waals surface area contributed by atoms with Crippen molar-refractivity contribution in [3.63, 3.8) is 0 Å². The molecule has 0 saturated carbocycles. The maximum atomic E-state index is 13.1. The van der Waals surface area contributed by atoms with Crippen molar-refractivity contribution in [3.8, 4) is 22.8 Å². The zero-order valence-corrected chi connectivity index (χ0v) is 18.3.